The highest BCUT2D eigenvalue weighted by molar-refractivity contribution is 6.00. The zero-order valence-electron chi connectivity index (χ0n) is 13.1. The predicted molar refractivity (Wildman–Crippen MR) is 83.5 cm³/mol. The van der Waals surface area contributed by atoms with Crippen molar-refractivity contribution in [3.05, 3.63) is 29.3 Å². The van der Waals surface area contributed by atoms with Gasteiger partial charge in [0, 0.05) is 24.7 Å². The number of anilines is 1. The van der Waals surface area contributed by atoms with Crippen molar-refractivity contribution in [3.8, 4) is 0 Å². The van der Waals surface area contributed by atoms with Gasteiger partial charge in [0.05, 0.1) is 19.1 Å². The molecule has 3 rings (SSSR count). The average molecular weight is 288 g/mol. The maximum Gasteiger partial charge on any atom is 0.231 e. The fourth-order valence-electron chi connectivity index (χ4n) is 3.54. The zero-order chi connectivity index (χ0) is 15.0. The van der Waals surface area contributed by atoms with E-state index in [1.165, 1.54) is 5.56 Å². The molecule has 0 bridgehead atoms. The van der Waals surface area contributed by atoms with Gasteiger partial charge in [-0.15, -0.1) is 0 Å². The van der Waals surface area contributed by atoms with E-state index in [1.54, 1.807) is 4.90 Å². The Morgan fingerprint density at radius 3 is 2.95 bits per heavy atom. The van der Waals surface area contributed by atoms with Crippen LogP contribution in [0.25, 0.3) is 0 Å². The lowest BCUT2D eigenvalue weighted by atomic mass is 9.89. The number of nitrogens with one attached hydrogen (secondary N) is 1. The van der Waals surface area contributed by atoms with Gasteiger partial charge in [-0.05, 0) is 37.1 Å². The summed E-state index contributed by atoms with van der Waals surface area (Å²) in [6.45, 7) is 6.02. The van der Waals surface area contributed by atoms with Crippen LogP contribution in [0.15, 0.2) is 18.2 Å². The average Bonchev–Trinajstić information content (AvgIpc) is 3.01. The molecular weight excluding hydrogens is 264 g/mol. The Kier molecular flexibility index (Phi) is 4.00. The normalized spacial score (nSPS) is 26.2. The van der Waals surface area contributed by atoms with E-state index in [9.17, 15) is 4.79 Å². The van der Waals surface area contributed by atoms with Crippen LogP contribution >= 0.6 is 0 Å². The molecule has 0 saturated carbocycles. The van der Waals surface area contributed by atoms with Crippen molar-refractivity contribution in [2.24, 2.45) is 5.92 Å². The molecule has 2 heterocycles. The van der Waals surface area contributed by atoms with Gasteiger partial charge in [-0.2, -0.15) is 0 Å². The fourth-order valence-corrected chi connectivity index (χ4v) is 3.54. The van der Waals surface area contributed by atoms with Gasteiger partial charge in [-0.25, -0.2) is 0 Å². The van der Waals surface area contributed by atoms with E-state index >= 15 is 0 Å². The van der Waals surface area contributed by atoms with E-state index in [-0.39, 0.29) is 5.91 Å². The molecule has 0 spiro atoms. The quantitative estimate of drug-likeness (QED) is 0.924. The Bertz CT molecular complexity index is 544. The lowest BCUT2D eigenvalue weighted by molar-refractivity contribution is -0.117. The minimum Gasteiger partial charge on any atom is -0.378 e. The summed E-state index contributed by atoms with van der Waals surface area (Å²) >= 11 is 0. The fraction of sp³-hybridized carbons (Fsp3) is 0.588. The summed E-state index contributed by atoms with van der Waals surface area (Å²) in [6, 6.07) is 6.75. The highest BCUT2D eigenvalue weighted by atomic mass is 16.5. The van der Waals surface area contributed by atoms with Gasteiger partial charge in [0.2, 0.25) is 5.91 Å². The minimum absolute atomic E-state index is 0.181. The van der Waals surface area contributed by atoms with Gasteiger partial charge in [0.15, 0.2) is 0 Å². The van der Waals surface area contributed by atoms with Crippen LogP contribution in [-0.4, -0.2) is 32.2 Å². The third kappa shape index (κ3) is 2.70. The molecule has 1 fully saturated rings. The molecule has 0 radical (unpaired) electrons. The minimum atomic E-state index is 0.181. The zero-order valence-corrected chi connectivity index (χ0v) is 13.1. The number of amides is 1. The molecule has 1 amide bonds. The first-order valence-electron chi connectivity index (χ1n) is 7.84. The summed E-state index contributed by atoms with van der Waals surface area (Å²) in [5, 5.41) is 3.60. The number of carbonyl (C=O) groups excluding carboxylic acids is 1. The molecule has 114 valence electrons. The molecule has 3 unspecified atom stereocenters. The second-order valence-corrected chi connectivity index (χ2v) is 6.19. The van der Waals surface area contributed by atoms with E-state index < -0.39 is 0 Å². The number of fused-ring (bicyclic) bond motifs is 1. The van der Waals surface area contributed by atoms with Gasteiger partial charge < -0.3 is 15.0 Å². The summed E-state index contributed by atoms with van der Waals surface area (Å²) in [5.41, 5.74) is 3.48. The smallest absolute Gasteiger partial charge is 0.231 e. The van der Waals surface area contributed by atoms with Crippen molar-refractivity contribution < 1.29 is 9.53 Å². The largest absolute Gasteiger partial charge is 0.378 e. The summed E-state index contributed by atoms with van der Waals surface area (Å²) in [4.78, 5) is 13.6. The number of ether oxygens (including phenoxy) is 1. The van der Waals surface area contributed by atoms with Gasteiger partial charge in [-0.3, -0.25) is 4.79 Å². The maximum absolute atomic E-state index is 11.8. The molecule has 21 heavy (non-hydrogen) atoms. The van der Waals surface area contributed by atoms with Crippen LogP contribution in [0.2, 0.25) is 0 Å². The lowest BCUT2D eigenvalue weighted by Gasteiger charge is -2.24. The first-order valence-corrected chi connectivity index (χ1v) is 7.84. The number of likely N-dealkylation sites (N-methyl/N-ethyl adjacent to an activating group) is 1. The van der Waals surface area contributed by atoms with Gasteiger partial charge in [0.1, 0.15) is 0 Å². The lowest BCUT2D eigenvalue weighted by Crippen LogP contribution is -2.28. The highest BCUT2D eigenvalue weighted by Crippen LogP contribution is 2.35. The Morgan fingerprint density at radius 2 is 2.29 bits per heavy atom. The molecule has 4 heteroatoms. The van der Waals surface area contributed by atoms with Gasteiger partial charge in [0.25, 0.3) is 0 Å². The van der Waals surface area contributed by atoms with Crippen LogP contribution in [-0.2, 0) is 16.0 Å². The molecular formula is C17H24N2O2. The van der Waals surface area contributed by atoms with E-state index in [0.717, 1.165) is 30.8 Å². The van der Waals surface area contributed by atoms with Gasteiger partial charge in [-0.1, -0.05) is 19.1 Å². The molecule has 1 saturated heterocycles. The van der Waals surface area contributed by atoms with Crippen LogP contribution in [0.3, 0.4) is 0 Å². The number of benzene rings is 1. The van der Waals surface area contributed by atoms with E-state index in [2.05, 4.69) is 37.4 Å². The number of hydrogen-bond acceptors (Lipinski definition) is 3. The molecule has 0 aromatic heterocycles. The molecule has 2 aliphatic rings. The summed E-state index contributed by atoms with van der Waals surface area (Å²) in [7, 11) is 1.85. The Morgan fingerprint density at radius 1 is 1.48 bits per heavy atom. The Balaban J connectivity index is 1.87. The third-order valence-corrected chi connectivity index (χ3v) is 4.66. The van der Waals surface area contributed by atoms with Crippen molar-refractivity contribution in [1.82, 2.24) is 5.32 Å². The SMILES string of the molecule is CCNC(c1ccc2c(c1)CC(=O)N2C)C1COC(C)C1. The number of rotatable bonds is 4. The molecule has 1 N–H and O–H groups in total. The summed E-state index contributed by atoms with van der Waals surface area (Å²) in [5.74, 6) is 0.688. The van der Waals surface area contributed by atoms with Crippen LogP contribution in [0.1, 0.15) is 37.4 Å². The van der Waals surface area contributed by atoms with Crippen molar-refractivity contribution in [2.45, 2.75) is 38.8 Å². The number of hydrogen-bond donors (Lipinski definition) is 1. The monoisotopic (exact) mass is 288 g/mol. The van der Waals surface area contributed by atoms with Crippen molar-refractivity contribution in [1.29, 1.82) is 0 Å². The van der Waals surface area contributed by atoms with Crippen molar-refractivity contribution >= 4 is 11.6 Å². The van der Waals surface area contributed by atoms with E-state index in [4.69, 9.17) is 4.74 Å². The molecule has 1 aromatic carbocycles. The van der Waals surface area contributed by atoms with E-state index in [0.29, 0.717) is 24.5 Å². The maximum atomic E-state index is 11.8. The van der Waals surface area contributed by atoms with Crippen molar-refractivity contribution in [3.63, 3.8) is 0 Å². The summed E-state index contributed by atoms with van der Waals surface area (Å²) in [6.07, 6.45) is 1.96. The second-order valence-electron chi connectivity index (χ2n) is 6.19. The second kappa shape index (κ2) is 5.78. The highest BCUT2D eigenvalue weighted by Gasteiger charge is 2.31. The first kappa shape index (κ1) is 14.5. The van der Waals surface area contributed by atoms with E-state index in [1.807, 2.05) is 7.05 Å². The van der Waals surface area contributed by atoms with Crippen molar-refractivity contribution in [2.75, 3.05) is 25.1 Å². The molecule has 2 aliphatic heterocycles. The Hall–Kier alpha value is -1.39. The topological polar surface area (TPSA) is 41.6 Å². The molecule has 1 aromatic rings. The van der Waals surface area contributed by atoms with Crippen LogP contribution in [0, 0.1) is 5.92 Å². The third-order valence-electron chi connectivity index (χ3n) is 4.66. The molecule has 3 atom stereocenters. The Labute approximate surface area is 126 Å². The summed E-state index contributed by atoms with van der Waals surface area (Å²) < 4.78 is 5.74. The standard InChI is InChI=1S/C17H24N2O2/c1-4-18-17(14-7-11(2)21-10-14)12-5-6-15-13(8-12)9-16(20)19(15)3/h5-6,8,11,14,17-18H,4,7,9-10H2,1-3H3. The molecule has 0 aliphatic carbocycles. The first-order chi connectivity index (χ1) is 10.1. The van der Waals surface area contributed by atoms with Crippen LogP contribution in [0.4, 0.5) is 5.69 Å². The van der Waals surface area contributed by atoms with Crippen LogP contribution < -0.4 is 10.2 Å². The number of nitrogens with zero attached hydrogens (tertiary/aromatic N) is 1. The molecule has 4 nitrogen and oxygen atoms in total. The van der Waals surface area contributed by atoms with Gasteiger partial charge >= 0.3 is 0 Å². The predicted octanol–water partition coefficient (Wildman–Crippen LogP) is 2.28. The van der Waals surface area contributed by atoms with Crippen LogP contribution in [0.5, 0.6) is 0 Å². The number of carbonyl (C=O) groups is 1.